The molecule has 0 spiro atoms. The number of unbranched alkanes of at least 4 members (excludes halogenated alkanes) is 1. The fourth-order valence-electron chi connectivity index (χ4n) is 0.581. The molecule has 0 amide bonds. The molecule has 0 unspecified atom stereocenters. The molecule has 3 heteroatoms. The van der Waals surface area contributed by atoms with Crippen molar-refractivity contribution in [1.29, 1.82) is 0 Å². The second-order valence-corrected chi connectivity index (χ2v) is 2.24. The Kier molecular flexibility index (Phi) is 8.43. The maximum absolute atomic E-state index is 4.00. The van der Waals surface area contributed by atoms with Gasteiger partial charge >= 0.3 is 0 Å². The second-order valence-electron chi connectivity index (χ2n) is 2.24. The first-order chi connectivity index (χ1) is 5.41. The average Bonchev–Trinajstić information content (AvgIpc) is 2.03. The Morgan fingerprint density at radius 3 is 2.73 bits per heavy atom. The summed E-state index contributed by atoms with van der Waals surface area (Å²) in [6.45, 7) is 3.01. The lowest BCUT2D eigenvalue weighted by atomic mass is 10.4. The number of hydrogen-bond acceptors (Lipinski definition) is 3. The van der Waals surface area contributed by atoms with Crippen molar-refractivity contribution in [2.75, 3.05) is 13.6 Å². The molecule has 0 rings (SSSR count). The minimum Gasteiger partial charge on any atom is -0.310 e. The SMILES string of the molecule is CCC/C=N/NCCC=NC. The van der Waals surface area contributed by atoms with E-state index in [2.05, 4.69) is 22.4 Å². The summed E-state index contributed by atoms with van der Waals surface area (Å²) in [5.41, 5.74) is 2.93. The summed E-state index contributed by atoms with van der Waals surface area (Å²) in [5, 5.41) is 4.00. The molecule has 0 saturated carbocycles. The van der Waals surface area contributed by atoms with Gasteiger partial charge in [-0.3, -0.25) is 0 Å². The Morgan fingerprint density at radius 2 is 2.09 bits per heavy atom. The highest BCUT2D eigenvalue weighted by atomic mass is 15.3. The van der Waals surface area contributed by atoms with Gasteiger partial charge in [0.15, 0.2) is 0 Å². The molecule has 0 aromatic carbocycles. The van der Waals surface area contributed by atoms with E-state index in [0.717, 1.165) is 25.8 Å². The van der Waals surface area contributed by atoms with E-state index < -0.39 is 0 Å². The molecule has 0 aromatic heterocycles. The van der Waals surface area contributed by atoms with Crippen LogP contribution in [0, 0.1) is 0 Å². The van der Waals surface area contributed by atoms with Gasteiger partial charge in [-0.2, -0.15) is 5.10 Å². The minimum atomic E-state index is 0.873. The molecule has 64 valence electrons. The lowest BCUT2D eigenvalue weighted by Crippen LogP contribution is -2.07. The van der Waals surface area contributed by atoms with Gasteiger partial charge < -0.3 is 10.4 Å². The Bertz CT molecular complexity index is 119. The zero-order valence-corrected chi connectivity index (χ0v) is 7.38. The van der Waals surface area contributed by atoms with Crippen molar-refractivity contribution in [1.82, 2.24) is 5.43 Å². The zero-order valence-electron chi connectivity index (χ0n) is 7.38. The van der Waals surface area contributed by atoms with Crippen LogP contribution >= 0.6 is 0 Å². The highest BCUT2D eigenvalue weighted by molar-refractivity contribution is 5.57. The Hall–Kier alpha value is -0.860. The number of aliphatic imine (C=N–C) groups is 1. The first-order valence-electron chi connectivity index (χ1n) is 4.06. The molecule has 0 aromatic rings. The molecular formula is C8H17N3. The number of rotatable bonds is 6. The van der Waals surface area contributed by atoms with E-state index in [1.54, 1.807) is 7.05 Å². The summed E-state index contributed by atoms with van der Waals surface area (Å²) in [5.74, 6) is 0. The highest BCUT2D eigenvalue weighted by Gasteiger charge is 1.77. The normalized spacial score (nSPS) is 11.5. The van der Waals surface area contributed by atoms with E-state index in [0.29, 0.717) is 0 Å². The molecule has 0 aliphatic rings. The van der Waals surface area contributed by atoms with Crippen LogP contribution in [0.25, 0.3) is 0 Å². The largest absolute Gasteiger partial charge is 0.310 e. The fraction of sp³-hybridized carbons (Fsp3) is 0.750. The van der Waals surface area contributed by atoms with E-state index >= 15 is 0 Å². The van der Waals surface area contributed by atoms with Crippen molar-refractivity contribution in [3.63, 3.8) is 0 Å². The molecule has 0 atom stereocenters. The van der Waals surface area contributed by atoms with Crippen molar-refractivity contribution in [2.45, 2.75) is 26.2 Å². The van der Waals surface area contributed by atoms with Crippen molar-refractivity contribution in [3.8, 4) is 0 Å². The van der Waals surface area contributed by atoms with Crippen LogP contribution in [0.2, 0.25) is 0 Å². The van der Waals surface area contributed by atoms with Crippen LogP contribution in [0.5, 0.6) is 0 Å². The second kappa shape index (κ2) is 9.14. The van der Waals surface area contributed by atoms with Gasteiger partial charge in [-0.1, -0.05) is 13.3 Å². The molecule has 0 aliphatic carbocycles. The van der Waals surface area contributed by atoms with Gasteiger partial charge in [0.05, 0.1) is 0 Å². The van der Waals surface area contributed by atoms with E-state index in [1.807, 2.05) is 12.4 Å². The highest BCUT2D eigenvalue weighted by Crippen LogP contribution is 1.79. The third-order valence-electron chi connectivity index (χ3n) is 1.17. The summed E-state index contributed by atoms with van der Waals surface area (Å²) in [4.78, 5) is 3.85. The molecule has 1 N–H and O–H groups in total. The predicted molar refractivity (Wildman–Crippen MR) is 50.4 cm³/mol. The van der Waals surface area contributed by atoms with Crippen LogP contribution in [0.15, 0.2) is 10.1 Å². The fourth-order valence-corrected chi connectivity index (χ4v) is 0.581. The Labute approximate surface area is 68.6 Å². The standard InChI is InChI=1S/C8H17N3/c1-3-4-7-10-11-8-5-6-9-2/h6-7,11H,3-5,8H2,1-2H3/b9-6?,10-7+. The van der Waals surface area contributed by atoms with E-state index in [4.69, 9.17) is 0 Å². The molecule has 3 nitrogen and oxygen atoms in total. The predicted octanol–water partition coefficient (Wildman–Crippen LogP) is 1.45. The number of nitrogens with one attached hydrogen (secondary N) is 1. The Morgan fingerprint density at radius 1 is 1.27 bits per heavy atom. The number of nitrogens with zero attached hydrogens (tertiary/aromatic N) is 2. The van der Waals surface area contributed by atoms with E-state index in [-0.39, 0.29) is 0 Å². The number of hydrogen-bond donors (Lipinski definition) is 1. The lowest BCUT2D eigenvalue weighted by Gasteiger charge is -1.93. The summed E-state index contributed by atoms with van der Waals surface area (Å²) < 4.78 is 0. The monoisotopic (exact) mass is 155 g/mol. The smallest absolute Gasteiger partial charge is 0.0378 e. The van der Waals surface area contributed by atoms with Crippen LogP contribution in [-0.4, -0.2) is 26.0 Å². The molecule has 0 bridgehead atoms. The minimum absolute atomic E-state index is 0.873. The lowest BCUT2D eigenvalue weighted by molar-refractivity contribution is 0.757. The average molecular weight is 155 g/mol. The van der Waals surface area contributed by atoms with Crippen molar-refractivity contribution < 1.29 is 0 Å². The molecular weight excluding hydrogens is 138 g/mol. The van der Waals surface area contributed by atoms with Gasteiger partial charge in [0, 0.05) is 32.4 Å². The van der Waals surface area contributed by atoms with Crippen molar-refractivity contribution in [3.05, 3.63) is 0 Å². The van der Waals surface area contributed by atoms with Crippen LogP contribution < -0.4 is 5.43 Å². The van der Waals surface area contributed by atoms with Crippen LogP contribution in [0.4, 0.5) is 0 Å². The summed E-state index contributed by atoms with van der Waals surface area (Å²) in [6.07, 6.45) is 6.93. The summed E-state index contributed by atoms with van der Waals surface area (Å²) in [7, 11) is 1.78. The van der Waals surface area contributed by atoms with Gasteiger partial charge in [-0.05, 0) is 6.42 Å². The van der Waals surface area contributed by atoms with Gasteiger partial charge in [0.25, 0.3) is 0 Å². The van der Waals surface area contributed by atoms with Crippen molar-refractivity contribution >= 4 is 12.4 Å². The molecule has 0 saturated heterocycles. The Balaban J connectivity index is 3.00. The van der Waals surface area contributed by atoms with E-state index in [9.17, 15) is 0 Å². The van der Waals surface area contributed by atoms with Gasteiger partial charge in [0.2, 0.25) is 0 Å². The number of hydrazone groups is 1. The maximum atomic E-state index is 4.00. The van der Waals surface area contributed by atoms with Crippen LogP contribution in [-0.2, 0) is 0 Å². The molecule has 0 aliphatic heterocycles. The first-order valence-corrected chi connectivity index (χ1v) is 4.06. The third-order valence-corrected chi connectivity index (χ3v) is 1.17. The molecule has 11 heavy (non-hydrogen) atoms. The van der Waals surface area contributed by atoms with Gasteiger partial charge in [-0.15, -0.1) is 0 Å². The maximum Gasteiger partial charge on any atom is 0.0378 e. The topological polar surface area (TPSA) is 36.8 Å². The third kappa shape index (κ3) is 9.14. The van der Waals surface area contributed by atoms with Crippen molar-refractivity contribution in [2.24, 2.45) is 10.1 Å². The van der Waals surface area contributed by atoms with Gasteiger partial charge in [0.1, 0.15) is 0 Å². The van der Waals surface area contributed by atoms with Crippen LogP contribution in [0.3, 0.4) is 0 Å². The quantitative estimate of drug-likeness (QED) is 0.352. The van der Waals surface area contributed by atoms with Crippen LogP contribution in [0.1, 0.15) is 26.2 Å². The zero-order chi connectivity index (χ0) is 8.36. The first kappa shape index (κ1) is 10.1. The van der Waals surface area contributed by atoms with Gasteiger partial charge in [-0.25, -0.2) is 0 Å². The molecule has 0 heterocycles. The summed E-state index contributed by atoms with van der Waals surface area (Å²) in [6, 6.07) is 0. The van der Waals surface area contributed by atoms with E-state index in [1.165, 1.54) is 0 Å². The molecule has 0 radical (unpaired) electrons. The molecule has 0 fully saturated rings. The summed E-state index contributed by atoms with van der Waals surface area (Å²) >= 11 is 0.